The fraction of sp³-hybridized carbons (Fsp3) is 0.750. The van der Waals surface area contributed by atoms with Gasteiger partial charge in [0.05, 0.1) is 13.2 Å². The van der Waals surface area contributed by atoms with Crippen molar-refractivity contribution in [3.8, 4) is 0 Å². The molecule has 0 aliphatic carbocycles. The Morgan fingerprint density at radius 2 is 2.00 bits per heavy atom. The van der Waals surface area contributed by atoms with Crippen LogP contribution in [0.1, 0.15) is 19.8 Å². The van der Waals surface area contributed by atoms with E-state index >= 15 is 0 Å². The molecule has 0 saturated carbocycles. The van der Waals surface area contributed by atoms with Crippen LogP contribution < -0.4 is 0 Å². The molecule has 0 spiro atoms. The maximum Gasteiger partial charge on any atom is 0.317 e. The zero-order chi connectivity index (χ0) is 10.3. The molecule has 0 amide bonds. The average molecular weight is 190 g/mol. The van der Waals surface area contributed by atoms with E-state index in [1.54, 1.807) is 6.92 Å². The van der Waals surface area contributed by atoms with E-state index in [4.69, 9.17) is 5.11 Å². The first-order valence-corrected chi connectivity index (χ1v) is 4.00. The lowest BCUT2D eigenvalue weighted by molar-refractivity contribution is -0.154. The van der Waals surface area contributed by atoms with Crippen molar-refractivity contribution in [1.82, 2.24) is 0 Å². The van der Waals surface area contributed by atoms with Gasteiger partial charge in [0.1, 0.15) is 13.0 Å². The van der Waals surface area contributed by atoms with Gasteiger partial charge in [0.2, 0.25) is 0 Å². The normalized spacial score (nSPS) is 11.9. The molecule has 1 atom stereocenters. The molecule has 0 heterocycles. The average Bonchev–Trinajstić information content (AvgIpc) is 2.13. The van der Waals surface area contributed by atoms with Crippen LogP contribution in [0.3, 0.4) is 0 Å². The second-order valence-electron chi connectivity index (χ2n) is 2.50. The van der Waals surface area contributed by atoms with E-state index in [1.165, 1.54) is 7.11 Å². The van der Waals surface area contributed by atoms with E-state index in [1.807, 2.05) is 0 Å². The first-order valence-electron chi connectivity index (χ1n) is 4.00. The van der Waals surface area contributed by atoms with Crippen molar-refractivity contribution in [2.75, 3.05) is 13.7 Å². The summed E-state index contributed by atoms with van der Waals surface area (Å²) in [5.41, 5.74) is 0. The number of aliphatic hydroxyl groups is 1. The minimum Gasteiger partial charge on any atom is -0.469 e. The van der Waals surface area contributed by atoms with E-state index in [0.29, 0.717) is 6.42 Å². The summed E-state index contributed by atoms with van der Waals surface area (Å²) < 4.78 is 8.83. The van der Waals surface area contributed by atoms with Gasteiger partial charge in [-0.15, -0.1) is 0 Å². The number of methoxy groups -OCH3 is 1. The topological polar surface area (TPSA) is 72.8 Å². The van der Waals surface area contributed by atoms with Crippen LogP contribution in [0.5, 0.6) is 0 Å². The maximum absolute atomic E-state index is 10.8. The summed E-state index contributed by atoms with van der Waals surface area (Å²) in [6.45, 7) is 1.69. The highest BCUT2D eigenvalue weighted by molar-refractivity contribution is 5.91. The van der Waals surface area contributed by atoms with E-state index < -0.39 is 24.5 Å². The number of ether oxygens (including phenoxy) is 2. The molecule has 1 N–H and O–H groups in total. The molecule has 5 heteroatoms. The fourth-order valence-corrected chi connectivity index (χ4v) is 0.548. The van der Waals surface area contributed by atoms with Crippen LogP contribution in [0.25, 0.3) is 0 Å². The number of carbonyl (C=O) groups excluding carboxylic acids is 2. The van der Waals surface area contributed by atoms with Gasteiger partial charge in [-0.3, -0.25) is 9.59 Å². The summed E-state index contributed by atoms with van der Waals surface area (Å²) in [6, 6.07) is 0. The number of aliphatic hydroxyl groups excluding tert-OH is 1. The first kappa shape index (κ1) is 11.9. The van der Waals surface area contributed by atoms with Crippen LogP contribution in [0, 0.1) is 0 Å². The van der Waals surface area contributed by atoms with Gasteiger partial charge in [-0.25, -0.2) is 0 Å². The number of carbonyl (C=O) groups is 2. The van der Waals surface area contributed by atoms with Crippen molar-refractivity contribution in [2.45, 2.75) is 25.9 Å². The van der Waals surface area contributed by atoms with Crippen LogP contribution in [0.2, 0.25) is 0 Å². The third kappa shape index (κ3) is 6.10. The van der Waals surface area contributed by atoms with Crippen LogP contribution >= 0.6 is 0 Å². The van der Waals surface area contributed by atoms with Crippen molar-refractivity contribution in [3.05, 3.63) is 0 Å². The molecule has 0 aliphatic heterocycles. The lowest BCUT2D eigenvalue weighted by Crippen LogP contribution is -2.19. The predicted molar refractivity (Wildman–Crippen MR) is 43.9 cm³/mol. The van der Waals surface area contributed by atoms with Gasteiger partial charge in [0.15, 0.2) is 0 Å². The first-order chi connectivity index (χ1) is 6.10. The van der Waals surface area contributed by atoms with Crippen LogP contribution in [0.4, 0.5) is 0 Å². The van der Waals surface area contributed by atoms with Gasteiger partial charge in [0.25, 0.3) is 0 Å². The Labute approximate surface area is 76.6 Å². The monoisotopic (exact) mass is 190 g/mol. The summed E-state index contributed by atoms with van der Waals surface area (Å²) in [5, 5.41) is 9.00. The molecule has 0 fully saturated rings. The zero-order valence-electron chi connectivity index (χ0n) is 7.78. The molecule has 76 valence electrons. The van der Waals surface area contributed by atoms with Gasteiger partial charge >= 0.3 is 11.9 Å². The predicted octanol–water partition coefficient (Wildman–Crippen LogP) is -0.136. The molecule has 5 nitrogen and oxygen atoms in total. The molecule has 0 aromatic carbocycles. The molecule has 0 radical (unpaired) electrons. The van der Waals surface area contributed by atoms with Gasteiger partial charge in [-0.1, -0.05) is 6.92 Å². The highest BCUT2D eigenvalue weighted by Crippen LogP contribution is 1.94. The molecule has 0 aromatic heterocycles. The van der Waals surface area contributed by atoms with E-state index in [-0.39, 0.29) is 6.61 Å². The smallest absolute Gasteiger partial charge is 0.317 e. The zero-order valence-corrected chi connectivity index (χ0v) is 7.78. The Kier molecular flexibility index (Phi) is 5.88. The second kappa shape index (κ2) is 6.42. The number of rotatable bonds is 5. The summed E-state index contributed by atoms with van der Waals surface area (Å²) in [6.07, 6.45) is -0.570. The van der Waals surface area contributed by atoms with E-state index in [2.05, 4.69) is 9.47 Å². The Hall–Kier alpha value is -1.10. The molecule has 0 saturated heterocycles. The Balaban J connectivity index is 3.57. The fourth-order valence-electron chi connectivity index (χ4n) is 0.548. The van der Waals surface area contributed by atoms with Crippen molar-refractivity contribution in [1.29, 1.82) is 0 Å². The lowest BCUT2D eigenvalue weighted by Gasteiger charge is -2.07. The van der Waals surface area contributed by atoms with Gasteiger partial charge in [0, 0.05) is 0 Å². The minimum atomic E-state index is -0.681. The lowest BCUT2D eigenvalue weighted by atomic mass is 10.3. The van der Waals surface area contributed by atoms with Crippen molar-refractivity contribution in [3.63, 3.8) is 0 Å². The second-order valence-corrected chi connectivity index (χ2v) is 2.50. The molecule has 0 aromatic rings. The molecule has 13 heavy (non-hydrogen) atoms. The van der Waals surface area contributed by atoms with Crippen LogP contribution in [0.15, 0.2) is 0 Å². The van der Waals surface area contributed by atoms with E-state index in [9.17, 15) is 9.59 Å². The standard InChI is InChI=1S/C8H14O5/c1-3-6(9)5-13-8(11)4-7(10)12-2/h6,9H,3-5H2,1-2H3. The molecule has 0 aliphatic rings. The number of esters is 2. The summed E-state index contributed by atoms with van der Waals surface area (Å²) in [5.74, 6) is -1.32. The van der Waals surface area contributed by atoms with Crippen molar-refractivity contribution in [2.24, 2.45) is 0 Å². The van der Waals surface area contributed by atoms with Crippen molar-refractivity contribution >= 4 is 11.9 Å². The van der Waals surface area contributed by atoms with Gasteiger partial charge in [-0.05, 0) is 6.42 Å². The third-order valence-electron chi connectivity index (χ3n) is 1.42. The Bertz CT molecular complexity index is 177. The van der Waals surface area contributed by atoms with Crippen LogP contribution in [-0.4, -0.2) is 36.9 Å². The number of hydrogen-bond acceptors (Lipinski definition) is 5. The summed E-state index contributed by atoms with van der Waals surface area (Å²) in [7, 11) is 1.19. The maximum atomic E-state index is 10.8. The Morgan fingerprint density at radius 3 is 2.46 bits per heavy atom. The minimum absolute atomic E-state index is 0.0771. The summed E-state index contributed by atoms with van der Waals surface area (Å²) in [4.78, 5) is 21.3. The van der Waals surface area contributed by atoms with E-state index in [0.717, 1.165) is 0 Å². The SMILES string of the molecule is CCC(O)COC(=O)CC(=O)OC. The largest absolute Gasteiger partial charge is 0.469 e. The summed E-state index contributed by atoms with van der Waals surface area (Å²) >= 11 is 0. The quantitative estimate of drug-likeness (QED) is 0.482. The van der Waals surface area contributed by atoms with Crippen molar-refractivity contribution < 1.29 is 24.2 Å². The molecule has 0 bridgehead atoms. The third-order valence-corrected chi connectivity index (χ3v) is 1.42. The molecule has 0 rings (SSSR count). The van der Waals surface area contributed by atoms with Crippen LogP contribution in [-0.2, 0) is 19.1 Å². The highest BCUT2D eigenvalue weighted by atomic mass is 16.6. The molecule has 1 unspecified atom stereocenters. The molecular weight excluding hydrogens is 176 g/mol. The van der Waals surface area contributed by atoms with Gasteiger partial charge in [-0.2, -0.15) is 0 Å². The Morgan fingerprint density at radius 1 is 1.38 bits per heavy atom. The number of hydrogen-bond donors (Lipinski definition) is 1. The van der Waals surface area contributed by atoms with Gasteiger partial charge < -0.3 is 14.6 Å². The molecular formula is C8H14O5. The highest BCUT2D eigenvalue weighted by Gasteiger charge is 2.11.